The van der Waals surface area contributed by atoms with Crippen LogP contribution in [0.4, 0.5) is 0 Å². The van der Waals surface area contributed by atoms with Crippen molar-refractivity contribution in [3.05, 3.63) is 11.3 Å². The topological polar surface area (TPSA) is 41.8 Å². The lowest BCUT2D eigenvalue weighted by molar-refractivity contribution is -0.114. The van der Waals surface area contributed by atoms with Gasteiger partial charge in [0.2, 0.25) is 0 Å². The zero-order chi connectivity index (χ0) is 7.56. The van der Waals surface area contributed by atoms with Crippen molar-refractivity contribution >= 4 is 5.91 Å². The van der Waals surface area contributed by atoms with Gasteiger partial charge in [0.25, 0.3) is 5.91 Å². The van der Waals surface area contributed by atoms with Crippen LogP contribution in [0.15, 0.2) is 21.5 Å². The van der Waals surface area contributed by atoms with E-state index < -0.39 is 0 Å². The summed E-state index contributed by atoms with van der Waals surface area (Å²) in [5.74, 6) is -0.153. The standard InChI is InChI=1S/C7H10N2O/c1-3-4-6-5(2)8-9-7(6)10/h3-4H2,1-2H3. The summed E-state index contributed by atoms with van der Waals surface area (Å²) in [4.78, 5) is 10.9. The Morgan fingerprint density at radius 3 is 2.50 bits per heavy atom. The smallest absolute Gasteiger partial charge is 0.265 e. The van der Waals surface area contributed by atoms with E-state index in [1.54, 1.807) is 0 Å². The fourth-order valence-corrected chi connectivity index (χ4v) is 0.934. The van der Waals surface area contributed by atoms with Gasteiger partial charge in [0.1, 0.15) is 0 Å². The first-order valence-corrected chi connectivity index (χ1v) is 3.41. The molecule has 3 heteroatoms. The normalized spacial score (nSPS) is 17.2. The van der Waals surface area contributed by atoms with Gasteiger partial charge in [0.05, 0.1) is 5.70 Å². The van der Waals surface area contributed by atoms with Crippen LogP contribution in [0.25, 0.3) is 0 Å². The van der Waals surface area contributed by atoms with Crippen molar-refractivity contribution in [3.63, 3.8) is 0 Å². The minimum absolute atomic E-state index is 0.153. The van der Waals surface area contributed by atoms with E-state index in [1.165, 1.54) is 0 Å². The van der Waals surface area contributed by atoms with Crippen molar-refractivity contribution in [2.75, 3.05) is 0 Å². The highest BCUT2D eigenvalue weighted by atomic mass is 16.2. The van der Waals surface area contributed by atoms with E-state index in [0.717, 1.165) is 24.1 Å². The van der Waals surface area contributed by atoms with Gasteiger partial charge in [0.15, 0.2) is 0 Å². The lowest BCUT2D eigenvalue weighted by Crippen LogP contribution is -1.94. The Morgan fingerprint density at radius 2 is 2.10 bits per heavy atom. The Bertz CT molecular complexity index is 216. The van der Waals surface area contributed by atoms with Crippen molar-refractivity contribution in [1.29, 1.82) is 0 Å². The molecule has 10 heavy (non-hydrogen) atoms. The molecule has 0 radical (unpaired) electrons. The van der Waals surface area contributed by atoms with Crippen LogP contribution >= 0.6 is 0 Å². The van der Waals surface area contributed by atoms with Gasteiger partial charge in [-0.3, -0.25) is 4.79 Å². The van der Waals surface area contributed by atoms with Crippen LogP contribution < -0.4 is 0 Å². The molecule has 0 aromatic rings. The molecule has 3 nitrogen and oxygen atoms in total. The molecule has 1 heterocycles. The third-order valence-corrected chi connectivity index (χ3v) is 1.49. The Labute approximate surface area is 59.8 Å². The highest BCUT2D eigenvalue weighted by Crippen LogP contribution is 2.19. The van der Waals surface area contributed by atoms with Gasteiger partial charge < -0.3 is 0 Å². The van der Waals surface area contributed by atoms with Gasteiger partial charge in [-0.1, -0.05) is 13.3 Å². The second kappa shape index (κ2) is 2.73. The minimum atomic E-state index is -0.153. The summed E-state index contributed by atoms with van der Waals surface area (Å²) in [7, 11) is 0. The van der Waals surface area contributed by atoms with Gasteiger partial charge in [-0.25, -0.2) is 0 Å². The first-order chi connectivity index (χ1) is 4.75. The maximum absolute atomic E-state index is 10.9. The number of amides is 1. The van der Waals surface area contributed by atoms with Crippen molar-refractivity contribution in [1.82, 2.24) is 0 Å². The Balaban J connectivity index is 2.75. The SMILES string of the molecule is CCCC1=C(C)N=NC1=O. The monoisotopic (exact) mass is 138 g/mol. The molecular formula is C7H10N2O. The number of azo groups is 1. The third kappa shape index (κ3) is 1.12. The number of carbonyl (C=O) groups is 1. The molecule has 0 atom stereocenters. The lowest BCUT2D eigenvalue weighted by atomic mass is 10.1. The first-order valence-electron chi connectivity index (χ1n) is 3.41. The Hall–Kier alpha value is -0.990. The fourth-order valence-electron chi connectivity index (χ4n) is 0.934. The van der Waals surface area contributed by atoms with Crippen LogP contribution in [0.5, 0.6) is 0 Å². The number of carbonyl (C=O) groups excluding carboxylic acids is 1. The molecular weight excluding hydrogens is 128 g/mol. The molecule has 0 fully saturated rings. The average molecular weight is 138 g/mol. The highest BCUT2D eigenvalue weighted by Gasteiger charge is 2.16. The van der Waals surface area contributed by atoms with Crippen LogP contribution in [0, 0.1) is 0 Å². The van der Waals surface area contributed by atoms with Crippen molar-refractivity contribution in [3.8, 4) is 0 Å². The average Bonchev–Trinajstić information content (AvgIpc) is 2.20. The molecule has 0 N–H and O–H groups in total. The van der Waals surface area contributed by atoms with E-state index in [0.29, 0.717) is 0 Å². The van der Waals surface area contributed by atoms with Crippen molar-refractivity contribution in [2.24, 2.45) is 10.2 Å². The molecule has 0 saturated carbocycles. The first kappa shape index (κ1) is 7.12. The minimum Gasteiger partial charge on any atom is -0.265 e. The summed E-state index contributed by atoms with van der Waals surface area (Å²) in [5, 5.41) is 7.10. The molecule has 0 aromatic heterocycles. The molecule has 1 aliphatic heterocycles. The van der Waals surface area contributed by atoms with E-state index in [4.69, 9.17) is 0 Å². The molecule has 0 bridgehead atoms. The summed E-state index contributed by atoms with van der Waals surface area (Å²) in [5.41, 5.74) is 1.56. The molecule has 0 aromatic carbocycles. The fraction of sp³-hybridized carbons (Fsp3) is 0.571. The second-order valence-electron chi connectivity index (χ2n) is 2.32. The number of nitrogens with zero attached hydrogens (tertiary/aromatic N) is 2. The highest BCUT2D eigenvalue weighted by molar-refractivity contribution is 5.96. The number of rotatable bonds is 2. The molecule has 54 valence electrons. The van der Waals surface area contributed by atoms with E-state index in [9.17, 15) is 4.79 Å². The van der Waals surface area contributed by atoms with Gasteiger partial charge in [-0.15, -0.1) is 5.11 Å². The summed E-state index contributed by atoms with van der Waals surface area (Å²) >= 11 is 0. The molecule has 1 aliphatic rings. The summed E-state index contributed by atoms with van der Waals surface area (Å²) in [6.07, 6.45) is 1.78. The van der Waals surface area contributed by atoms with Crippen LogP contribution in [-0.2, 0) is 4.79 Å². The largest absolute Gasteiger partial charge is 0.293 e. The molecule has 0 unspecified atom stereocenters. The zero-order valence-electron chi connectivity index (χ0n) is 6.22. The predicted octanol–water partition coefficient (Wildman–Crippen LogP) is 2.05. The van der Waals surface area contributed by atoms with Crippen LogP contribution in [0.1, 0.15) is 26.7 Å². The predicted molar refractivity (Wildman–Crippen MR) is 37.5 cm³/mol. The maximum atomic E-state index is 10.9. The van der Waals surface area contributed by atoms with Gasteiger partial charge in [0, 0.05) is 5.57 Å². The van der Waals surface area contributed by atoms with E-state index in [1.807, 2.05) is 13.8 Å². The van der Waals surface area contributed by atoms with Gasteiger partial charge >= 0.3 is 0 Å². The van der Waals surface area contributed by atoms with E-state index in [-0.39, 0.29) is 5.91 Å². The number of hydrogen-bond acceptors (Lipinski definition) is 2. The summed E-state index contributed by atoms with van der Waals surface area (Å²) < 4.78 is 0. The molecule has 0 spiro atoms. The van der Waals surface area contributed by atoms with Crippen LogP contribution in [-0.4, -0.2) is 5.91 Å². The van der Waals surface area contributed by atoms with Gasteiger partial charge in [-0.05, 0) is 13.3 Å². The molecule has 0 saturated heterocycles. The van der Waals surface area contributed by atoms with Crippen molar-refractivity contribution in [2.45, 2.75) is 26.7 Å². The molecule has 1 rings (SSSR count). The number of hydrogen-bond donors (Lipinski definition) is 0. The lowest BCUT2D eigenvalue weighted by Gasteiger charge is -1.93. The quantitative estimate of drug-likeness (QED) is 0.575. The van der Waals surface area contributed by atoms with E-state index in [2.05, 4.69) is 10.2 Å². The number of allylic oxidation sites excluding steroid dienone is 1. The van der Waals surface area contributed by atoms with Crippen molar-refractivity contribution < 1.29 is 4.79 Å². The molecule has 0 aliphatic carbocycles. The van der Waals surface area contributed by atoms with Gasteiger partial charge in [-0.2, -0.15) is 5.11 Å². The summed E-state index contributed by atoms with van der Waals surface area (Å²) in [6.45, 7) is 3.85. The Morgan fingerprint density at radius 1 is 1.40 bits per heavy atom. The third-order valence-electron chi connectivity index (χ3n) is 1.49. The second-order valence-corrected chi connectivity index (χ2v) is 2.32. The summed E-state index contributed by atoms with van der Waals surface area (Å²) in [6, 6.07) is 0. The maximum Gasteiger partial charge on any atom is 0.293 e. The van der Waals surface area contributed by atoms with Crippen LogP contribution in [0.2, 0.25) is 0 Å². The zero-order valence-corrected chi connectivity index (χ0v) is 6.22. The molecule has 1 amide bonds. The van der Waals surface area contributed by atoms with Crippen LogP contribution in [0.3, 0.4) is 0 Å². The Kier molecular flexibility index (Phi) is 1.94. The van der Waals surface area contributed by atoms with E-state index >= 15 is 0 Å².